The van der Waals surface area contributed by atoms with Crippen LogP contribution in [0.3, 0.4) is 0 Å². The molecule has 0 amide bonds. The Hall–Kier alpha value is -1.78. The number of rotatable bonds is 6. The van der Waals surface area contributed by atoms with Crippen LogP contribution in [0.2, 0.25) is 0 Å². The number of hydrogen-bond donors (Lipinski definition) is 0. The Balaban J connectivity index is 1.57. The molecule has 0 aromatic heterocycles. The summed E-state index contributed by atoms with van der Waals surface area (Å²) in [5, 5.41) is 0. The summed E-state index contributed by atoms with van der Waals surface area (Å²) >= 11 is 0. The summed E-state index contributed by atoms with van der Waals surface area (Å²) in [6, 6.07) is 0. The smallest absolute Gasteiger partial charge is 0.333 e. The van der Waals surface area contributed by atoms with Gasteiger partial charge in [-0.05, 0) is 31.6 Å². The minimum absolute atomic E-state index is 0.0557. The molecular formula is C18H24O5. The third kappa shape index (κ3) is 2.56. The molecule has 3 aliphatic rings. The Morgan fingerprint density at radius 3 is 2.61 bits per heavy atom. The van der Waals surface area contributed by atoms with Crippen molar-refractivity contribution in [1.82, 2.24) is 0 Å². The summed E-state index contributed by atoms with van der Waals surface area (Å²) in [4.78, 5) is 23.8. The van der Waals surface area contributed by atoms with E-state index in [0.717, 1.165) is 18.6 Å². The number of fused-ring (bicyclic) bond motifs is 1. The molecule has 6 atom stereocenters. The molecule has 0 N–H and O–H groups in total. The molecule has 5 nitrogen and oxygen atoms in total. The van der Waals surface area contributed by atoms with Crippen LogP contribution in [0.5, 0.6) is 0 Å². The molecule has 1 aliphatic heterocycles. The van der Waals surface area contributed by atoms with E-state index in [1.54, 1.807) is 6.92 Å². The fraction of sp³-hybridized carbons (Fsp3) is 0.667. The van der Waals surface area contributed by atoms with Crippen LogP contribution >= 0.6 is 0 Å². The number of carbonyl (C=O) groups excluding carboxylic acids is 2. The first-order valence-electron chi connectivity index (χ1n) is 8.30. The normalized spacial score (nSPS) is 36.7. The number of carbonyl (C=O) groups is 2. The van der Waals surface area contributed by atoms with Crippen LogP contribution in [0.4, 0.5) is 0 Å². The van der Waals surface area contributed by atoms with E-state index in [2.05, 4.69) is 20.1 Å². The van der Waals surface area contributed by atoms with E-state index < -0.39 is 5.97 Å². The second-order valence-electron chi connectivity index (χ2n) is 6.82. The first-order chi connectivity index (χ1) is 11.0. The summed E-state index contributed by atoms with van der Waals surface area (Å²) in [6.07, 6.45) is 2.27. The molecule has 6 unspecified atom stereocenters. The van der Waals surface area contributed by atoms with Crippen molar-refractivity contribution in [2.24, 2.45) is 29.6 Å². The average molecular weight is 320 g/mol. The molecule has 1 heterocycles. The van der Waals surface area contributed by atoms with Crippen molar-refractivity contribution in [2.45, 2.75) is 32.8 Å². The second kappa shape index (κ2) is 6.02. The van der Waals surface area contributed by atoms with Gasteiger partial charge in [-0.15, -0.1) is 0 Å². The first kappa shape index (κ1) is 16.1. The van der Waals surface area contributed by atoms with Gasteiger partial charge in [0.1, 0.15) is 19.3 Å². The molecule has 0 radical (unpaired) electrons. The van der Waals surface area contributed by atoms with Crippen LogP contribution in [0.15, 0.2) is 24.5 Å². The second-order valence-corrected chi connectivity index (χ2v) is 6.82. The lowest BCUT2D eigenvalue weighted by Crippen LogP contribution is -2.37. The number of esters is 2. The lowest BCUT2D eigenvalue weighted by Gasteiger charge is -2.30. The zero-order chi connectivity index (χ0) is 16.7. The molecule has 23 heavy (non-hydrogen) atoms. The van der Waals surface area contributed by atoms with Crippen molar-refractivity contribution in [3.05, 3.63) is 24.5 Å². The van der Waals surface area contributed by atoms with Gasteiger partial charge < -0.3 is 14.2 Å². The Labute approximate surface area is 136 Å². The lowest BCUT2D eigenvalue weighted by molar-refractivity contribution is -0.156. The Kier molecular flexibility index (Phi) is 4.21. The van der Waals surface area contributed by atoms with Crippen LogP contribution in [0, 0.1) is 29.6 Å². The predicted molar refractivity (Wildman–Crippen MR) is 83.1 cm³/mol. The molecule has 0 aromatic carbocycles. The zero-order valence-electron chi connectivity index (χ0n) is 13.7. The van der Waals surface area contributed by atoms with E-state index in [1.807, 2.05) is 0 Å². The van der Waals surface area contributed by atoms with Crippen molar-refractivity contribution in [3.8, 4) is 0 Å². The average Bonchev–Trinajstić information content (AvgIpc) is 3.11. The minimum Gasteiger partial charge on any atom is -0.494 e. The van der Waals surface area contributed by atoms with Crippen LogP contribution in [-0.4, -0.2) is 31.3 Å². The van der Waals surface area contributed by atoms with Crippen molar-refractivity contribution in [1.29, 1.82) is 0 Å². The highest BCUT2D eigenvalue weighted by Crippen LogP contribution is 2.63. The van der Waals surface area contributed by atoms with Gasteiger partial charge in [0.15, 0.2) is 0 Å². The number of ether oxygens (including phenoxy) is 3. The van der Waals surface area contributed by atoms with E-state index in [-0.39, 0.29) is 37.1 Å². The van der Waals surface area contributed by atoms with Gasteiger partial charge in [0, 0.05) is 17.4 Å². The molecule has 2 aliphatic carbocycles. The SMILES string of the molecule is C=C(C)C(=O)OCCOC(=O)C1C2CC3C(OC(=C)C31)C2CC. The summed E-state index contributed by atoms with van der Waals surface area (Å²) in [5.74, 6) is 1.15. The predicted octanol–water partition coefficient (Wildman–Crippen LogP) is 2.47. The Morgan fingerprint density at radius 2 is 1.96 bits per heavy atom. The van der Waals surface area contributed by atoms with E-state index in [9.17, 15) is 9.59 Å². The third-order valence-corrected chi connectivity index (χ3v) is 5.56. The van der Waals surface area contributed by atoms with Gasteiger partial charge in [-0.1, -0.05) is 20.1 Å². The van der Waals surface area contributed by atoms with Crippen molar-refractivity contribution >= 4 is 11.9 Å². The topological polar surface area (TPSA) is 61.8 Å². The molecule has 2 saturated carbocycles. The maximum Gasteiger partial charge on any atom is 0.333 e. The first-order valence-corrected chi connectivity index (χ1v) is 8.30. The maximum absolute atomic E-state index is 12.5. The highest BCUT2D eigenvalue weighted by atomic mass is 16.6. The largest absolute Gasteiger partial charge is 0.494 e. The van der Waals surface area contributed by atoms with Gasteiger partial charge in [0.05, 0.1) is 11.7 Å². The lowest BCUT2D eigenvalue weighted by atomic mass is 9.73. The van der Waals surface area contributed by atoms with Gasteiger partial charge in [-0.25, -0.2) is 4.79 Å². The summed E-state index contributed by atoms with van der Waals surface area (Å²) in [7, 11) is 0. The van der Waals surface area contributed by atoms with E-state index in [0.29, 0.717) is 23.3 Å². The van der Waals surface area contributed by atoms with Crippen LogP contribution < -0.4 is 0 Å². The van der Waals surface area contributed by atoms with Gasteiger partial charge in [-0.2, -0.15) is 0 Å². The monoisotopic (exact) mass is 320 g/mol. The van der Waals surface area contributed by atoms with E-state index in [1.165, 1.54) is 0 Å². The molecule has 1 saturated heterocycles. The van der Waals surface area contributed by atoms with E-state index in [4.69, 9.17) is 14.2 Å². The molecule has 2 bridgehead atoms. The summed E-state index contributed by atoms with van der Waals surface area (Å²) in [6.45, 7) is 11.4. The molecule has 0 spiro atoms. The molecular weight excluding hydrogens is 296 g/mol. The number of allylic oxidation sites excluding steroid dienone is 1. The van der Waals surface area contributed by atoms with Crippen molar-refractivity contribution < 1.29 is 23.8 Å². The quantitative estimate of drug-likeness (QED) is 0.427. The fourth-order valence-corrected chi connectivity index (χ4v) is 4.70. The van der Waals surface area contributed by atoms with Crippen molar-refractivity contribution in [3.63, 3.8) is 0 Å². The minimum atomic E-state index is -0.465. The Morgan fingerprint density at radius 1 is 1.26 bits per heavy atom. The van der Waals surface area contributed by atoms with Gasteiger partial charge in [0.2, 0.25) is 0 Å². The number of hydrogen-bond acceptors (Lipinski definition) is 5. The van der Waals surface area contributed by atoms with Gasteiger partial charge >= 0.3 is 11.9 Å². The highest BCUT2D eigenvalue weighted by Gasteiger charge is 2.65. The summed E-state index contributed by atoms with van der Waals surface area (Å²) in [5.41, 5.74) is 0.334. The van der Waals surface area contributed by atoms with Crippen LogP contribution in [0.1, 0.15) is 26.7 Å². The van der Waals surface area contributed by atoms with Crippen LogP contribution in [-0.2, 0) is 23.8 Å². The maximum atomic E-state index is 12.5. The third-order valence-electron chi connectivity index (χ3n) is 5.56. The molecule has 3 fully saturated rings. The van der Waals surface area contributed by atoms with E-state index >= 15 is 0 Å². The molecule has 3 rings (SSSR count). The molecule has 0 aromatic rings. The standard InChI is InChI=1S/C18H24O5/c1-5-11-12-8-13-14(10(4)23-16(11)13)15(12)18(20)22-7-6-21-17(19)9(2)3/h11-16H,2,4-8H2,1,3H3. The van der Waals surface area contributed by atoms with Crippen molar-refractivity contribution in [2.75, 3.05) is 13.2 Å². The zero-order valence-corrected chi connectivity index (χ0v) is 13.7. The van der Waals surface area contributed by atoms with Crippen LogP contribution in [0.25, 0.3) is 0 Å². The van der Waals surface area contributed by atoms with Gasteiger partial charge in [-0.3, -0.25) is 4.79 Å². The Bertz CT molecular complexity index is 552. The summed E-state index contributed by atoms with van der Waals surface area (Å²) < 4.78 is 16.2. The highest BCUT2D eigenvalue weighted by molar-refractivity contribution is 5.86. The fourth-order valence-electron chi connectivity index (χ4n) is 4.70. The molecule has 126 valence electrons. The van der Waals surface area contributed by atoms with Gasteiger partial charge in [0.25, 0.3) is 0 Å². The molecule has 5 heteroatoms.